The quantitative estimate of drug-likeness (QED) is 0.712. The van der Waals surface area contributed by atoms with Crippen LogP contribution in [-0.2, 0) is 17.6 Å². The van der Waals surface area contributed by atoms with Crippen LogP contribution >= 0.6 is 11.3 Å². The summed E-state index contributed by atoms with van der Waals surface area (Å²) in [6, 6.07) is 5.45. The van der Waals surface area contributed by atoms with Crippen LogP contribution < -0.4 is 10.1 Å². The summed E-state index contributed by atoms with van der Waals surface area (Å²) in [6.45, 7) is 0. The number of aromatic nitrogens is 3. The van der Waals surface area contributed by atoms with Crippen molar-refractivity contribution in [3.05, 3.63) is 56.1 Å². The number of hydrogen-bond donors (Lipinski definition) is 1. The number of aliphatic carboxylic acids is 1. The Bertz CT molecular complexity index is 1230. The molecule has 3 heterocycles. The van der Waals surface area contributed by atoms with E-state index in [1.54, 1.807) is 0 Å². The molecule has 9 heteroatoms. The van der Waals surface area contributed by atoms with Gasteiger partial charge in [0.15, 0.2) is 6.04 Å². The van der Waals surface area contributed by atoms with Gasteiger partial charge in [-0.25, -0.2) is 9.78 Å². The molecule has 28 heavy (non-hydrogen) atoms. The zero-order chi connectivity index (χ0) is 19.3. The summed E-state index contributed by atoms with van der Waals surface area (Å²) in [5, 5.41) is 19.4. The minimum absolute atomic E-state index is 0.291. The first-order valence-corrected chi connectivity index (χ1v) is 9.97. The molecule has 0 bridgehead atoms. The van der Waals surface area contributed by atoms with Crippen LogP contribution in [0, 0.1) is 0 Å². The van der Waals surface area contributed by atoms with Crippen molar-refractivity contribution < 1.29 is 9.90 Å². The lowest BCUT2D eigenvalue weighted by Gasteiger charge is -2.16. The number of carbonyl (C=O) groups is 1. The van der Waals surface area contributed by atoms with E-state index in [1.807, 2.05) is 6.07 Å². The molecule has 5 rings (SSSR count). The van der Waals surface area contributed by atoms with E-state index in [0.29, 0.717) is 15.9 Å². The maximum Gasteiger partial charge on any atom is 0.328 e. The summed E-state index contributed by atoms with van der Waals surface area (Å²) < 4.78 is 1.56. The molecule has 0 radical (unpaired) electrons. The first-order chi connectivity index (χ1) is 13.6. The van der Waals surface area contributed by atoms with E-state index in [1.165, 1.54) is 46.0 Å². The SMILES string of the molecule is O=C(O)C1CC(c2ccc3c(c2)CCCC3)=NN1/C=c1\sc2ncnn2c1=O. The van der Waals surface area contributed by atoms with Gasteiger partial charge in [-0.1, -0.05) is 23.5 Å². The summed E-state index contributed by atoms with van der Waals surface area (Å²) in [7, 11) is 0. The molecule has 8 nitrogen and oxygen atoms in total. The monoisotopic (exact) mass is 395 g/mol. The Morgan fingerprint density at radius 2 is 2.07 bits per heavy atom. The third-order valence-corrected chi connectivity index (χ3v) is 6.24. The smallest absolute Gasteiger partial charge is 0.328 e. The molecule has 1 aromatic carbocycles. The predicted octanol–water partition coefficient (Wildman–Crippen LogP) is 1.05. The Labute approximate surface area is 163 Å². The summed E-state index contributed by atoms with van der Waals surface area (Å²) in [5.74, 6) is -0.972. The highest BCUT2D eigenvalue weighted by Gasteiger charge is 2.32. The normalized spacial score (nSPS) is 19.9. The Balaban J connectivity index is 1.55. The van der Waals surface area contributed by atoms with Crippen LogP contribution in [0.15, 0.2) is 34.4 Å². The van der Waals surface area contributed by atoms with Crippen LogP contribution in [0.1, 0.15) is 36.0 Å². The van der Waals surface area contributed by atoms with Crippen molar-refractivity contribution in [1.29, 1.82) is 0 Å². The van der Waals surface area contributed by atoms with Gasteiger partial charge >= 0.3 is 5.97 Å². The van der Waals surface area contributed by atoms with Crippen LogP contribution in [0.25, 0.3) is 11.2 Å². The number of carboxylic acids is 1. The molecule has 2 aliphatic rings. The molecule has 0 spiro atoms. The maximum absolute atomic E-state index is 12.4. The minimum Gasteiger partial charge on any atom is -0.480 e. The van der Waals surface area contributed by atoms with Crippen LogP contribution in [0.3, 0.4) is 0 Å². The van der Waals surface area contributed by atoms with Crippen LogP contribution in [-0.4, -0.2) is 42.4 Å². The van der Waals surface area contributed by atoms with Crippen molar-refractivity contribution in [2.45, 2.75) is 38.1 Å². The lowest BCUT2D eigenvalue weighted by molar-refractivity contribution is -0.141. The summed E-state index contributed by atoms with van der Waals surface area (Å²) in [5.41, 5.74) is 4.06. The van der Waals surface area contributed by atoms with Gasteiger partial charge in [-0.2, -0.15) is 14.7 Å². The number of nitrogens with zero attached hydrogens (tertiary/aromatic N) is 5. The fourth-order valence-corrected chi connectivity index (χ4v) is 4.67. The average Bonchev–Trinajstić information content (AvgIpc) is 3.39. The number of rotatable bonds is 3. The van der Waals surface area contributed by atoms with Gasteiger partial charge in [-0.3, -0.25) is 9.80 Å². The number of benzene rings is 1. The van der Waals surface area contributed by atoms with Gasteiger partial charge in [0.05, 0.1) is 5.71 Å². The third kappa shape index (κ3) is 2.78. The molecule has 1 unspecified atom stereocenters. The number of thiazole rings is 1. The van der Waals surface area contributed by atoms with Crippen LogP contribution in [0.2, 0.25) is 0 Å². The minimum atomic E-state index is -0.972. The van der Waals surface area contributed by atoms with Gasteiger partial charge in [0.25, 0.3) is 5.56 Å². The zero-order valence-corrected chi connectivity index (χ0v) is 15.7. The maximum atomic E-state index is 12.4. The largest absolute Gasteiger partial charge is 0.480 e. The van der Waals surface area contributed by atoms with E-state index in [9.17, 15) is 14.7 Å². The number of fused-ring (bicyclic) bond motifs is 2. The van der Waals surface area contributed by atoms with Crippen molar-refractivity contribution in [2.24, 2.45) is 5.10 Å². The van der Waals surface area contributed by atoms with E-state index in [-0.39, 0.29) is 5.56 Å². The van der Waals surface area contributed by atoms with Crippen molar-refractivity contribution in [1.82, 2.24) is 19.6 Å². The third-order valence-electron chi connectivity index (χ3n) is 5.28. The second kappa shape index (κ2) is 6.52. The molecule has 1 aliphatic heterocycles. The first-order valence-electron chi connectivity index (χ1n) is 9.15. The Hall–Kier alpha value is -3.07. The topological polar surface area (TPSA) is 100 Å². The number of hydrazone groups is 1. The van der Waals surface area contributed by atoms with Crippen LogP contribution in [0.4, 0.5) is 0 Å². The van der Waals surface area contributed by atoms with E-state index < -0.39 is 12.0 Å². The van der Waals surface area contributed by atoms with Gasteiger partial charge in [-0.05, 0) is 48.4 Å². The Morgan fingerprint density at radius 1 is 1.25 bits per heavy atom. The number of carboxylic acid groups (broad SMARTS) is 1. The van der Waals surface area contributed by atoms with E-state index in [0.717, 1.165) is 35.5 Å². The molecule has 2 aromatic heterocycles. The Morgan fingerprint density at radius 3 is 2.86 bits per heavy atom. The summed E-state index contributed by atoms with van der Waals surface area (Å²) in [4.78, 5) is 28.6. The van der Waals surface area contributed by atoms with Gasteiger partial charge in [0.1, 0.15) is 10.9 Å². The molecule has 0 saturated carbocycles. The number of hydrogen-bond acceptors (Lipinski definition) is 7. The molecule has 0 amide bonds. The van der Waals surface area contributed by atoms with E-state index in [2.05, 4.69) is 27.3 Å². The molecular weight excluding hydrogens is 378 g/mol. The first kappa shape index (κ1) is 17.1. The Kier molecular flexibility index (Phi) is 3.97. The summed E-state index contributed by atoms with van der Waals surface area (Å²) >= 11 is 1.16. The van der Waals surface area contributed by atoms with Gasteiger partial charge < -0.3 is 5.11 Å². The van der Waals surface area contributed by atoms with Crippen molar-refractivity contribution in [3.8, 4) is 0 Å². The van der Waals surface area contributed by atoms with E-state index in [4.69, 9.17) is 0 Å². The fourth-order valence-electron chi connectivity index (χ4n) is 3.82. The highest BCUT2D eigenvalue weighted by atomic mass is 32.1. The second-order valence-electron chi connectivity index (χ2n) is 7.03. The standard InChI is InChI=1S/C19H17N5O3S/c25-17-16(28-19-20-10-21-24(17)19)9-23-15(18(26)27)8-14(22-23)13-6-5-11-3-1-2-4-12(11)7-13/h5-7,9-10,15H,1-4,8H2,(H,26,27)/b16-9-. The lowest BCUT2D eigenvalue weighted by atomic mass is 9.89. The summed E-state index contributed by atoms with van der Waals surface area (Å²) in [6.07, 6.45) is 7.65. The molecule has 1 N–H and O–H groups in total. The molecule has 0 fully saturated rings. The number of aryl methyl sites for hydroxylation is 2. The molecule has 0 saturated heterocycles. The lowest BCUT2D eigenvalue weighted by Crippen LogP contribution is -2.34. The van der Waals surface area contributed by atoms with Crippen LogP contribution in [0.5, 0.6) is 0 Å². The van der Waals surface area contributed by atoms with Crippen molar-refractivity contribution >= 4 is 34.2 Å². The second-order valence-corrected chi connectivity index (χ2v) is 8.04. The molecule has 142 valence electrons. The molecule has 1 aliphatic carbocycles. The average molecular weight is 395 g/mol. The van der Waals surface area contributed by atoms with Crippen molar-refractivity contribution in [3.63, 3.8) is 0 Å². The van der Waals surface area contributed by atoms with Gasteiger partial charge in [0, 0.05) is 12.6 Å². The molecule has 3 aromatic rings. The highest BCUT2D eigenvalue weighted by molar-refractivity contribution is 7.14. The zero-order valence-electron chi connectivity index (χ0n) is 14.9. The molecule has 1 atom stereocenters. The van der Waals surface area contributed by atoms with Crippen molar-refractivity contribution in [2.75, 3.05) is 0 Å². The van der Waals surface area contributed by atoms with Gasteiger partial charge in [0.2, 0.25) is 4.96 Å². The molecular formula is C19H17N5O3S. The van der Waals surface area contributed by atoms with Gasteiger partial charge in [-0.15, -0.1) is 0 Å². The highest BCUT2D eigenvalue weighted by Crippen LogP contribution is 2.26. The van der Waals surface area contributed by atoms with E-state index >= 15 is 0 Å². The fraction of sp³-hybridized carbons (Fsp3) is 0.316. The predicted molar refractivity (Wildman–Crippen MR) is 104 cm³/mol.